The molecule has 0 unspecified atom stereocenters. The fourth-order valence-electron chi connectivity index (χ4n) is 10.5. The van der Waals surface area contributed by atoms with Crippen LogP contribution in [-0.4, -0.2) is 77.8 Å². The molecule has 0 saturated carbocycles. The zero-order valence-corrected chi connectivity index (χ0v) is 40.7. The van der Waals surface area contributed by atoms with Crippen LogP contribution in [0.15, 0.2) is 109 Å². The van der Waals surface area contributed by atoms with Crippen molar-refractivity contribution >= 4 is 33.4 Å². The molecule has 0 bridgehead atoms. The van der Waals surface area contributed by atoms with Gasteiger partial charge in [0.1, 0.15) is 5.75 Å². The van der Waals surface area contributed by atoms with E-state index in [1.165, 1.54) is 63.7 Å². The minimum Gasteiger partial charge on any atom is -0.406 e. The molecule has 2 aromatic heterocycles. The van der Waals surface area contributed by atoms with E-state index in [0.717, 1.165) is 116 Å². The summed E-state index contributed by atoms with van der Waals surface area (Å²) in [5.41, 5.74) is 31.7. The van der Waals surface area contributed by atoms with E-state index >= 15 is 0 Å². The quantitative estimate of drug-likeness (QED) is 0.0557. The first-order valence-electron chi connectivity index (χ1n) is 24.9. The van der Waals surface area contributed by atoms with E-state index in [1.54, 1.807) is 6.07 Å². The highest BCUT2D eigenvalue weighted by molar-refractivity contribution is 6.31. The lowest BCUT2D eigenvalue weighted by molar-refractivity contribution is -0.274. The average molecular weight is 976 g/mol. The van der Waals surface area contributed by atoms with Crippen LogP contribution in [0.4, 0.5) is 13.2 Å². The molecule has 10 nitrogen and oxygen atoms in total. The standard InChI is InChI=1S/C56H66ClF3N8O2/c57-53-6-2-1-5-43(53)36-65-21-15-39(16-22-65)27-40-8-13-54-49(29-40)51(37-67(54)19-3-17-61)47-11-7-41(28-44(47)32-62)34-64-18-4-20-68-38-52(48-12-10-46(31-45(48)33-63)70-56(58,59)60)50-30-42(9-14-55(50)68)35-66-23-25-69-26-24-66/h1-2,5-14,28-31,37-39,64H,3-4,15-27,32-36,61-63H2. The highest BCUT2D eigenvalue weighted by Crippen LogP contribution is 2.38. The molecule has 70 heavy (non-hydrogen) atoms. The molecule has 5 aromatic carbocycles. The summed E-state index contributed by atoms with van der Waals surface area (Å²) in [5.74, 6) is 0.353. The number of fused-ring (bicyclic) bond motifs is 2. The molecule has 2 aliphatic heterocycles. The van der Waals surface area contributed by atoms with Crippen molar-refractivity contribution in [3.05, 3.63) is 148 Å². The number of piperidine rings is 1. The van der Waals surface area contributed by atoms with Gasteiger partial charge in [0.05, 0.1) is 13.2 Å². The van der Waals surface area contributed by atoms with Crippen molar-refractivity contribution in [2.45, 2.75) is 84.3 Å². The van der Waals surface area contributed by atoms with E-state index in [-0.39, 0.29) is 12.3 Å². The number of rotatable bonds is 20. The Labute approximate surface area is 414 Å². The lowest BCUT2D eigenvalue weighted by Gasteiger charge is -2.32. The Bertz CT molecular complexity index is 2860. The molecular formula is C56H66ClF3N8O2. The van der Waals surface area contributed by atoms with Gasteiger partial charge in [-0.1, -0.05) is 66.2 Å². The van der Waals surface area contributed by atoms with E-state index in [2.05, 4.69) is 108 Å². The summed E-state index contributed by atoms with van der Waals surface area (Å²) in [4.78, 5) is 4.91. The van der Waals surface area contributed by atoms with Gasteiger partial charge in [0.2, 0.25) is 0 Å². The molecule has 2 fully saturated rings. The topological polar surface area (TPSA) is 125 Å². The third kappa shape index (κ3) is 12.1. The van der Waals surface area contributed by atoms with Crippen molar-refractivity contribution < 1.29 is 22.6 Å². The second kappa shape index (κ2) is 22.9. The van der Waals surface area contributed by atoms with Crippen molar-refractivity contribution in [3.63, 3.8) is 0 Å². The number of halogens is 4. The van der Waals surface area contributed by atoms with Crippen LogP contribution in [0.25, 0.3) is 44.1 Å². The largest absolute Gasteiger partial charge is 0.573 e. The highest BCUT2D eigenvalue weighted by Gasteiger charge is 2.31. The number of hydrogen-bond donors (Lipinski definition) is 4. The van der Waals surface area contributed by atoms with Crippen LogP contribution >= 0.6 is 11.6 Å². The Morgan fingerprint density at radius 3 is 1.93 bits per heavy atom. The van der Waals surface area contributed by atoms with E-state index in [9.17, 15) is 13.2 Å². The molecule has 7 N–H and O–H groups in total. The Kier molecular flexibility index (Phi) is 16.3. The van der Waals surface area contributed by atoms with Gasteiger partial charge in [0, 0.05) is 109 Å². The lowest BCUT2D eigenvalue weighted by atomic mass is 9.89. The zero-order chi connectivity index (χ0) is 48.6. The number of alkyl halides is 3. The van der Waals surface area contributed by atoms with Gasteiger partial charge >= 0.3 is 6.36 Å². The Morgan fingerprint density at radius 1 is 0.643 bits per heavy atom. The van der Waals surface area contributed by atoms with Gasteiger partial charge in [-0.05, 0) is 151 Å². The Balaban J connectivity index is 0.873. The number of nitrogens with two attached hydrogens (primary N) is 3. The minimum atomic E-state index is -4.79. The molecule has 2 aliphatic rings. The minimum absolute atomic E-state index is 0.0630. The summed E-state index contributed by atoms with van der Waals surface area (Å²) in [6.45, 7) is 11.2. The predicted octanol–water partition coefficient (Wildman–Crippen LogP) is 10.2. The number of nitrogens with one attached hydrogen (secondary N) is 1. The predicted molar refractivity (Wildman–Crippen MR) is 276 cm³/mol. The van der Waals surface area contributed by atoms with Crippen LogP contribution in [0.1, 0.15) is 59.1 Å². The maximum atomic E-state index is 13.1. The summed E-state index contributed by atoms with van der Waals surface area (Å²) >= 11 is 6.49. The summed E-state index contributed by atoms with van der Waals surface area (Å²) in [7, 11) is 0. The Morgan fingerprint density at radius 2 is 1.26 bits per heavy atom. The van der Waals surface area contributed by atoms with Gasteiger partial charge in [-0.3, -0.25) is 9.80 Å². The molecule has 0 atom stereocenters. The third-order valence-electron chi connectivity index (χ3n) is 14.2. The second-order valence-electron chi connectivity index (χ2n) is 19.0. The molecule has 4 heterocycles. The molecule has 0 aliphatic carbocycles. The van der Waals surface area contributed by atoms with Crippen LogP contribution in [0.2, 0.25) is 5.02 Å². The molecule has 14 heteroatoms. The van der Waals surface area contributed by atoms with Crippen molar-refractivity contribution in [1.82, 2.24) is 24.3 Å². The van der Waals surface area contributed by atoms with E-state index in [0.29, 0.717) is 44.3 Å². The number of hydrogen-bond acceptors (Lipinski definition) is 8. The van der Waals surface area contributed by atoms with Gasteiger partial charge in [0.25, 0.3) is 0 Å². The highest BCUT2D eigenvalue weighted by atomic mass is 35.5. The van der Waals surface area contributed by atoms with Crippen LogP contribution < -0.4 is 27.3 Å². The zero-order valence-electron chi connectivity index (χ0n) is 40.0. The van der Waals surface area contributed by atoms with E-state index in [1.807, 2.05) is 12.1 Å². The maximum Gasteiger partial charge on any atom is 0.573 e. The van der Waals surface area contributed by atoms with Crippen LogP contribution in [0.5, 0.6) is 5.75 Å². The lowest BCUT2D eigenvalue weighted by Crippen LogP contribution is -2.35. The number of nitrogens with zero attached hydrogens (tertiary/aromatic N) is 4. The van der Waals surface area contributed by atoms with Gasteiger partial charge in [-0.25, -0.2) is 0 Å². The molecular weight excluding hydrogens is 909 g/mol. The normalized spacial score (nSPS) is 15.4. The van der Waals surface area contributed by atoms with E-state index < -0.39 is 6.36 Å². The fourth-order valence-corrected chi connectivity index (χ4v) is 10.7. The molecule has 0 amide bonds. The average Bonchev–Trinajstić information content (AvgIpc) is 3.91. The first-order valence-corrected chi connectivity index (χ1v) is 25.2. The number of aromatic nitrogens is 2. The van der Waals surface area contributed by atoms with Crippen LogP contribution in [-0.2, 0) is 57.0 Å². The number of benzene rings is 5. The summed E-state index contributed by atoms with van der Waals surface area (Å²) < 4.78 is 53.9. The second-order valence-corrected chi connectivity index (χ2v) is 19.4. The maximum absolute atomic E-state index is 13.1. The van der Waals surface area contributed by atoms with E-state index in [4.69, 9.17) is 33.5 Å². The number of ether oxygens (including phenoxy) is 2. The monoisotopic (exact) mass is 974 g/mol. The van der Waals surface area contributed by atoms with Gasteiger partial charge in [0.15, 0.2) is 0 Å². The fraction of sp³-hybridized carbons (Fsp3) is 0.393. The van der Waals surface area contributed by atoms with Crippen LogP contribution in [0, 0.1) is 5.92 Å². The molecule has 0 spiro atoms. The smallest absolute Gasteiger partial charge is 0.406 e. The van der Waals surface area contributed by atoms with Crippen molar-refractivity contribution in [2.75, 3.05) is 52.5 Å². The number of likely N-dealkylation sites (tertiary alicyclic amines) is 1. The summed E-state index contributed by atoms with van der Waals surface area (Å²) in [5, 5.41) is 6.81. The van der Waals surface area contributed by atoms with Crippen molar-refractivity contribution in [3.8, 4) is 28.0 Å². The molecule has 2 saturated heterocycles. The molecule has 9 rings (SSSR count). The van der Waals surface area contributed by atoms with Gasteiger partial charge in [-0.15, -0.1) is 13.2 Å². The Hall–Kier alpha value is -5.22. The first-order chi connectivity index (χ1) is 34.0. The van der Waals surface area contributed by atoms with Gasteiger partial charge < -0.3 is 41.1 Å². The molecule has 370 valence electrons. The van der Waals surface area contributed by atoms with Crippen molar-refractivity contribution in [2.24, 2.45) is 23.1 Å². The first kappa shape index (κ1) is 49.7. The summed E-state index contributed by atoms with van der Waals surface area (Å²) in [6.07, 6.45) is 4.76. The third-order valence-corrected chi connectivity index (χ3v) is 14.5. The van der Waals surface area contributed by atoms with Crippen LogP contribution in [0.3, 0.4) is 0 Å². The molecule has 0 radical (unpaired) electrons. The van der Waals surface area contributed by atoms with Crippen molar-refractivity contribution in [1.29, 1.82) is 0 Å². The number of aryl methyl sites for hydroxylation is 2. The SMILES string of the molecule is NCCCn1cc(-c2ccc(CNCCCn3cc(-c4ccc(OC(F)(F)F)cc4CN)c4cc(CN5CCOCC5)ccc43)cc2CN)c2cc(CC3CCN(Cc4ccccc4Cl)CC3)ccc21. The number of morpholine rings is 1. The molecule has 7 aromatic rings. The van der Waals surface area contributed by atoms with Gasteiger partial charge in [-0.2, -0.15) is 0 Å². The summed E-state index contributed by atoms with van der Waals surface area (Å²) in [6, 6.07) is 32.9.